The van der Waals surface area contributed by atoms with Gasteiger partial charge in [0.2, 0.25) is 0 Å². The Morgan fingerprint density at radius 1 is 0.952 bits per heavy atom. The van der Waals surface area contributed by atoms with Crippen LogP contribution in [0.5, 0.6) is 0 Å². The molecule has 2 rings (SSSR count). The van der Waals surface area contributed by atoms with Gasteiger partial charge in [-0.3, -0.25) is 4.79 Å². The van der Waals surface area contributed by atoms with Crippen LogP contribution in [0.1, 0.15) is 27.0 Å². The molecule has 0 fully saturated rings. The molecule has 0 heterocycles. The summed E-state index contributed by atoms with van der Waals surface area (Å²) in [6.07, 6.45) is 0. The Labute approximate surface area is 124 Å². The van der Waals surface area contributed by atoms with E-state index in [4.69, 9.17) is 0 Å². The molecular weight excluding hydrogens is 286 g/mol. The molecule has 0 radical (unpaired) electrons. The lowest BCUT2D eigenvalue weighted by Gasteiger charge is -2.09. The third kappa shape index (κ3) is 3.49. The van der Waals surface area contributed by atoms with Crippen LogP contribution < -0.4 is 4.72 Å². The first-order valence-corrected chi connectivity index (χ1v) is 7.99. The molecular formula is C16H17NO3S. The van der Waals surface area contributed by atoms with Crippen molar-refractivity contribution in [2.45, 2.75) is 25.7 Å². The van der Waals surface area contributed by atoms with Crippen molar-refractivity contribution in [1.29, 1.82) is 0 Å². The average Bonchev–Trinajstić information content (AvgIpc) is 2.41. The van der Waals surface area contributed by atoms with E-state index >= 15 is 0 Å². The number of carbonyl (C=O) groups is 1. The van der Waals surface area contributed by atoms with E-state index in [0.717, 1.165) is 16.7 Å². The number of hydrogen-bond donors (Lipinski definition) is 1. The number of carbonyl (C=O) groups excluding carboxylic acids is 1. The van der Waals surface area contributed by atoms with E-state index in [0.29, 0.717) is 5.56 Å². The van der Waals surface area contributed by atoms with E-state index in [9.17, 15) is 13.2 Å². The fourth-order valence-electron chi connectivity index (χ4n) is 1.91. The van der Waals surface area contributed by atoms with Crippen LogP contribution >= 0.6 is 0 Å². The van der Waals surface area contributed by atoms with Crippen molar-refractivity contribution in [3.63, 3.8) is 0 Å². The molecule has 4 nitrogen and oxygen atoms in total. The van der Waals surface area contributed by atoms with E-state index in [1.807, 2.05) is 26.8 Å². The molecule has 0 saturated heterocycles. The number of rotatable bonds is 3. The van der Waals surface area contributed by atoms with Crippen molar-refractivity contribution in [2.75, 3.05) is 0 Å². The molecule has 0 spiro atoms. The second-order valence-corrected chi connectivity index (χ2v) is 6.73. The van der Waals surface area contributed by atoms with Crippen molar-refractivity contribution in [1.82, 2.24) is 4.72 Å². The van der Waals surface area contributed by atoms with Crippen LogP contribution in [0.4, 0.5) is 0 Å². The molecule has 1 amide bonds. The summed E-state index contributed by atoms with van der Waals surface area (Å²) in [6, 6.07) is 11.6. The first-order valence-electron chi connectivity index (χ1n) is 6.51. The van der Waals surface area contributed by atoms with Crippen molar-refractivity contribution in [3.05, 3.63) is 64.7 Å². The lowest BCUT2D eigenvalue weighted by Crippen LogP contribution is -2.30. The van der Waals surface area contributed by atoms with Gasteiger partial charge in [0, 0.05) is 5.56 Å². The molecule has 2 aromatic rings. The highest BCUT2D eigenvalue weighted by atomic mass is 32.2. The molecule has 5 heteroatoms. The first kappa shape index (κ1) is 15.3. The van der Waals surface area contributed by atoms with Crippen molar-refractivity contribution >= 4 is 15.9 Å². The summed E-state index contributed by atoms with van der Waals surface area (Å²) < 4.78 is 26.6. The van der Waals surface area contributed by atoms with Gasteiger partial charge in [-0.15, -0.1) is 0 Å². The number of benzene rings is 2. The molecule has 21 heavy (non-hydrogen) atoms. The number of amides is 1. The number of aryl methyl sites for hydroxylation is 3. The van der Waals surface area contributed by atoms with Gasteiger partial charge in [0.05, 0.1) is 4.90 Å². The summed E-state index contributed by atoms with van der Waals surface area (Å²) in [6.45, 7) is 5.57. The molecule has 0 unspecified atom stereocenters. The maximum atomic E-state index is 12.2. The van der Waals surface area contributed by atoms with Gasteiger partial charge in [-0.1, -0.05) is 23.8 Å². The molecule has 1 N–H and O–H groups in total. The number of nitrogens with one attached hydrogen (secondary N) is 1. The summed E-state index contributed by atoms with van der Waals surface area (Å²) in [7, 11) is -3.86. The van der Waals surface area contributed by atoms with Gasteiger partial charge in [0.25, 0.3) is 15.9 Å². The van der Waals surface area contributed by atoms with E-state index < -0.39 is 15.9 Å². The summed E-state index contributed by atoms with van der Waals surface area (Å²) in [4.78, 5) is 12.1. The first-order chi connectivity index (χ1) is 9.79. The topological polar surface area (TPSA) is 63.2 Å². The van der Waals surface area contributed by atoms with Gasteiger partial charge in [0.1, 0.15) is 0 Å². The van der Waals surface area contributed by atoms with E-state index in [1.165, 1.54) is 6.07 Å². The lowest BCUT2D eigenvalue weighted by molar-refractivity contribution is 0.0981. The Hall–Kier alpha value is -2.14. The minimum Gasteiger partial charge on any atom is -0.268 e. The van der Waals surface area contributed by atoms with Crippen LogP contribution in [-0.4, -0.2) is 14.3 Å². The van der Waals surface area contributed by atoms with Gasteiger partial charge in [-0.25, -0.2) is 13.1 Å². The molecule has 2 aromatic carbocycles. The minimum absolute atomic E-state index is 0.0894. The number of hydrogen-bond acceptors (Lipinski definition) is 3. The van der Waals surface area contributed by atoms with E-state index in [2.05, 4.69) is 4.72 Å². The molecule has 0 bridgehead atoms. The fraction of sp³-hybridized carbons (Fsp3) is 0.188. The maximum absolute atomic E-state index is 12.2. The standard InChI is InChI=1S/C16H17NO3S/c1-11-5-4-6-14(9-11)16(18)17-21(19,20)15-8-7-12(2)13(3)10-15/h4-10H,1-3H3,(H,17,18). The summed E-state index contributed by atoms with van der Waals surface area (Å²) in [5.74, 6) is -0.628. The van der Waals surface area contributed by atoms with Crippen LogP contribution in [0.2, 0.25) is 0 Å². The predicted octanol–water partition coefficient (Wildman–Crippen LogP) is 2.73. The molecule has 0 aliphatic carbocycles. The van der Waals surface area contributed by atoms with Crippen molar-refractivity contribution < 1.29 is 13.2 Å². The molecule has 0 aromatic heterocycles. The molecule has 0 aliphatic heterocycles. The smallest absolute Gasteiger partial charge is 0.265 e. The van der Waals surface area contributed by atoms with Crippen LogP contribution in [-0.2, 0) is 10.0 Å². The zero-order valence-corrected chi connectivity index (χ0v) is 13.0. The Balaban J connectivity index is 2.29. The largest absolute Gasteiger partial charge is 0.268 e. The maximum Gasteiger partial charge on any atom is 0.265 e. The summed E-state index contributed by atoms with van der Waals surface area (Å²) >= 11 is 0. The second kappa shape index (κ2) is 5.69. The molecule has 110 valence electrons. The lowest BCUT2D eigenvalue weighted by atomic mass is 10.1. The van der Waals surface area contributed by atoms with E-state index in [-0.39, 0.29) is 4.90 Å². The number of sulfonamides is 1. The molecule has 0 saturated carbocycles. The highest BCUT2D eigenvalue weighted by Crippen LogP contribution is 2.15. The van der Waals surface area contributed by atoms with Crippen molar-refractivity contribution in [3.8, 4) is 0 Å². The van der Waals surface area contributed by atoms with Gasteiger partial charge >= 0.3 is 0 Å². The van der Waals surface area contributed by atoms with Gasteiger partial charge in [0.15, 0.2) is 0 Å². The second-order valence-electron chi connectivity index (χ2n) is 5.05. The van der Waals surface area contributed by atoms with E-state index in [1.54, 1.807) is 30.3 Å². The average molecular weight is 303 g/mol. The SMILES string of the molecule is Cc1cccc(C(=O)NS(=O)(=O)c2ccc(C)c(C)c2)c1. The zero-order chi connectivity index (χ0) is 15.6. The fourth-order valence-corrected chi connectivity index (χ4v) is 2.97. The monoisotopic (exact) mass is 303 g/mol. The summed E-state index contributed by atoms with van der Waals surface area (Å²) in [5.41, 5.74) is 3.08. The highest BCUT2D eigenvalue weighted by Gasteiger charge is 2.19. The van der Waals surface area contributed by atoms with Gasteiger partial charge in [-0.05, 0) is 56.2 Å². The summed E-state index contributed by atoms with van der Waals surface area (Å²) in [5, 5.41) is 0. The quantitative estimate of drug-likeness (QED) is 0.948. The Bertz CT molecular complexity index is 795. The van der Waals surface area contributed by atoms with Crippen LogP contribution in [0.15, 0.2) is 47.4 Å². The predicted molar refractivity (Wildman–Crippen MR) is 81.7 cm³/mol. The highest BCUT2D eigenvalue weighted by molar-refractivity contribution is 7.90. The molecule has 0 aliphatic rings. The third-order valence-electron chi connectivity index (χ3n) is 3.30. The Kier molecular flexibility index (Phi) is 4.14. The van der Waals surface area contributed by atoms with Gasteiger partial charge in [-0.2, -0.15) is 0 Å². The molecule has 0 atom stereocenters. The Morgan fingerprint density at radius 2 is 1.67 bits per heavy atom. The Morgan fingerprint density at radius 3 is 2.29 bits per heavy atom. The van der Waals surface area contributed by atoms with Gasteiger partial charge < -0.3 is 0 Å². The zero-order valence-electron chi connectivity index (χ0n) is 12.2. The van der Waals surface area contributed by atoms with Crippen LogP contribution in [0.3, 0.4) is 0 Å². The minimum atomic E-state index is -3.86. The van der Waals surface area contributed by atoms with Crippen molar-refractivity contribution in [2.24, 2.45) is 0 Å². The third-order valence-corrected chi connectivity index (χ3v) is 4.62. The normalized spacial score (nSPS) is 11.2. The van der Waals surface area contributed by atoms with Crippen LogP contribution in [0, 0.1) is 20.8 Å². The van der Waals surface area contributed by atoms with Crippen LogP contribution in [0.25, 0.3) is 0 Å².